The van der Waals surface area contributed by atoms with E-state index in [1.165, 1.54) is 0 Å². The van der Waals surface area contributed by atoms with Gasteiger partial charge in [-0.25, -0.2) is 14.6 Å². The lowest BCUT2D eigenvalue weighted by atomic mass is 10.2. The summed E-state index contributed by atoms with van der Waals surface area (Å²) in [5, 5.41) is 4.31. The zero-order chi connectivity index (χ0) is 18.8. The average Bonchev–Trinajstić information content (AvgIpc) is 2.68. The molecule has 4 rings (SSSR count). The number of aromatic nitrogens is 4. The van der Waals surface area contributed by atoms with Crippen molar-refractivity contribution in [3.05, 3.63) is 58.1 Å². The Bertz CT molecular complexity index is 1010. The van der Waals surface area contributed by atoms with Crippen LogP contribution < -0.4 is 10.5 Å². The summed E-state index contributed by atoms with van der Waals surface area (Å²) in [6, 6.07) is 11.3. The van der Waals surface area contributed by atoms with Gasteiger partial charge in [-0.1, -0.05) is 12.1 Å². The van der Waals surface area contributed by atoms with E-state index < -0.39 is 0 Å². The molecule has 0 unspecified atom stereocenters. The zero-order valence-electron chi connectivity index (χ0n) is 15.8. The van der Waals surface area contributed by atoms with E-state index in [-0.39, 0.29) is 5.56 Å². The van der Waals surface area contributed by atoms with Gasteiger partial charge >= 0.3 is 0 Å². The molecule has 0 N–H and O–H groups in total. The maximum Gasteiger partial charge on any atom is 0.266 e. The second kappa shape index (κ2) is 7.44. The van der Waals surface area contributed by atoms with Gasteiger partial charge in [-0.3, -0.25) is 9.69 Å². The van der Waals surface area contributed by atoms with Gasteiger partial charge in [-0.05, 0) is 32.0 Å². The molecule has 0 amide bonds. The molecule has 0 atom stereocenters. The van der Waals surface area contributed by atoms with Crippen molar-refractivity contribution in [3.63, 3.8) is 0 Å². The number of benzene rings is 1. The lowest BCUT2D eigenvalue weighted by molar-refractivity contribution is 0.242. The van der Waals surface area contributed by atoms with Gasteiger partial charge in [-0.2, -0.15) is 5.10 Å². The third-order valence-corrected chi connectivity index (χ3v) is 5.02. The molecule has 2 aromatic heterocycles. The SMILES string of the molecule is Cc1ccc(=O)n(CCN2CCN(c3nc4ccccc4nc3C)CC2)n1. The van der Waals surface area contributed by atoms with E-state index in [0.717, 1.165) is 61.0 Å². The van der Waals surface area contributed by atoms with E-state index in [1.54, 1.807) is 16.8 Å². The molecule has 7 heteroatoms. The van der Waals surface area contributed by atoms with Crippen molar-refractivity contribution in [1.82, 2.24) is 24.6 Å². The number of piperazine rings is 1. The van der Waals surface area contributed by atoms with E-state index in [9.17, 15) is 4.79 Å². The molecule has 0 radical (unpaired) electrons. The first-order valence-electron chi connectivity index (χ1n) is 9.35. The van der Waals surface area contributed by atoms with Crippen molar-refractivity contribution in [1.29, 1.82) is 0 Å². The smallest absolute Gasteiger partial charge is 0.266 e. The second-order valence-electron chi connectivity index (χ2n) is 6.99. The molecule has 0 aliphatic carbocycles. The summed E-state index contributed by atoms with van der Waals surface area (Å²) < 4.78 is 1.56. The lowest BCUT2D eigenvalue weighted by Crippen LogP contribution is -2.48. The van der Waals surface area contributed by atoms with Crippen LogP contribution in [-0.4, -0.2) is 57.4 Å². The summed E-state index contributed by atoms with van der Waals surface area (Å²) in [5.74, 6) is 0.977. The number of aryl methyl sites for hydroxylation is 2. The molecule has 1 aliphatic heterocycles. The highest BCUT2D eigenvalue weighted by Crippen LogP contribution is 2.21. The molecular formula is C20H24N6O. The maximum atomic E-state index is 11.9. The number of rotatable bonds is 4. The monoisotopic (exact) mass is 364 g/mol. The fraction of sp³-hybridized carbons (Fsp3) is 0.400. The minimum atomic E-state index is -0.0405. The third kappa shape index (κ3) is 3.83. The van der Waals surface area contributed by atoms with Crippen molar-refractivity contribution in [2.24, 2.45) is 0 Å². The Morgan fingerprint density at radius 3 is 2.33 bits per heavy atom. The molecule has 1 aliphatic rings. The largest absolute Gasteiger partial charge is 0.353 e. The van der Waals surface area contributed by atoms with Crippen LogP contribution in [0.2, 0.25) is 0 Å². The molecule has 3 aromatic rings. The minimum absolute atomic E-state index is 0.0405. The summed E-state index contributed by atoms with van der Waals surface area (Å²) in [6.07, 6.45) is 0. The van der Waals surface area contributed by atoms with Crippen LogP contribution in [-0.2, 0) is 6.54 Å². The molecule has 0 saturated carbocycles. The molecule has 27 heavy (non-hydrogen) atoms. The first kappa shape index (κ1) is 17.6. The van der Waals surface area contributed by atoms with Gasteiger partial charge in [-0.15, -0.1) is 0 Å². The van der Waals surface area contributed by atoms with Gasteiger partial charge in [0.05, 0.1) is 29.0 Å². The standard InChI is InChI=1S/C20H24N6O/c1-15-7-8-19(27)26(23-15)14-11-24-9-12-25(13-10-24)20-16(2)21-17-5-3-4-6-18(17)22-20/h3-8H,9-14H2,1-2H3. The predicted molar refractivity (Wildman–Crippen MR) is 106 cm³/mol. The fourth-order valence-corrected chi connectivity index (χ4v) is 3.51. The van der Waals surface area contributed by atoms with Crippen LogP contribution >= 0.6 is 0 Å². The van der Waals surface area contributed by atoms with E-state index in [1.807, 2.05) is 38.1 Å². The number of anilines is 1. The highest BCUT2D eigenvalue weighted by molar-refractivity contribution is 5.76. The summed E-state index contributed by atoms with van der Waals surface area (Å²) >= 11 is 0. The van der Waals surface area contributed by atoms with Gasteiger partial charge < -0.3 is 4.90 Å². The zero-order valence-corrected chi connectivity index (χ0v) is 15.8. The van der Waals surface area contributed by atoms with Crippen LogP contribution in [0, 0.1) is 13.8 Å². The Balaban J connectivity index is 1.40. The summed E-state index contributed by atoms with van der Waals surface area (Å²) in [4.78, 5) is 26.1. The number of hydrogen-bond donors (Lipinski definition) is 0. The molecule has 0 bridgehead atoms. The summed E-state index contributed by atoms with van der Waals surface area (Å²) in [6.45, 7) is 9.07. The van der Waals surface area contributed by atoms with Crippen LogP contribution in [0.15, 0.2) is 41.2 Å². The molecule has 140 valence electrons. The quantitative estimate of drug-likeness (QED) is 0.701. The Labute approximate surface area is 158 Å². The normalized spacial score (nSPS) is 15.4. The van der Waals surface area contributed by atoms with Crippen molar-refractivity contribution in [2.45, 2.75) is 20.4 Å². The Kier molecular flexibility index (Phi) is 4.85. The van der Waals surface area contributed by atoms with Crippen molar-refractivity contribution in [2.75, 3.05) is 37.6 Å². The van der Waals surface area contributed by atoms with Crippen LogP contribution in [0.1, 0.15) is 11.4 Å². The molecule has 7 nitrogen and oxygen atoms in total. The first-order valence-corrected chi connectivity index (χ1v) is 9.35. The number of para-hydroxylation sites is 2. The van der Waals surface area contributed by atoms with Crippen LogP contribution in [0.4, 0.5) is 5.82 Å². The van der Waals surface area contributed by atoms with Crippen LogP contribution in [0.5, 0.6) is 0 Å². The van der Waals surface area contributed by atoms with Crippen molar-refractivity contribution < 1.29 is 0 Å². The van der Waals surface area contributed by atoms with E-state index in [4.69, 9.17) is 9.97 Å². The molecule has 1 aromatic carbocycles. The van der Waals surface area contributed by atoms with E-state index >= 15 is 0 Å². The number of nitrogens with zero attached hydrogens (tertiary/aromatic N) is 6. The first-order chi connectivity index (χ1) is 13.1. The van der Waals surface area contributed by atoms with Gasteiger partial charge in [0.1, 0.15) is 0 Å². The van der Waals surface area contributed by atoms with Gasteiger partial charge in [0, 0.05) is 38.8 Å². The van der Waals surface area contributed by atoms with Crippen molar-refractivity contribution >= 4 is 16.9 Å². The molecule has 3 heterocycles. The van der Waals surface area contributed by atoms with Crippen molar-refractivity contribution in [3.8, 4) is 0 Å². The minimum Gasteiger partial charge on any atom is -0.353 e. The maximum absolute atomic E-state index is 11.9. The van der Waals surface area contributed by atoms with E-state index in [2.05, 4.69) is 14.9 Å². The number of hydrogen-bond acceptors (Lipinski definition) is 6. The molecule has 1 saturated heterocycles. The topological polar surface area (TPSA) is 67.2 Å². The second-order valence-corrected chi connectivity index (χ2v) is 6.99. The van der Waals surface area contributed by atoms with Crippen LogP contribution in [0.25, 0.3) is 11.0 Å². The molecule has 0 spiro atoms. The van der Waals surface area contributed by atoms with Gasteiger partial charge in [0.2, 0.25) is 0 Å². The molecule has 1 fully saturated rings. The highest BCUT2D eigenvalue weighted by atomic mass is 16.1. The predicted octanol–water partition coefficient (Wildman–Crippen LogP) is 1.63. The Morgan fingerprint density at radius 2 is 1.59 bits per heavy atom. The van der Waals surface area contributed by atoms with Crippen LogP contribution in [0.3, 0.4) is 0 Å². The average molecular weight is 364 g/mol. The number of fused-ring (bicyclic) bond motifs is 1. The third-order valence-electron chi connectivity index (χ3n) is 5.02. The van der Waals surface area contributed by atoms with E-state index in [0.29, 0.717) is 6.54 Å². The lowest BCUT2D eigenvalue weighted by Gasteiger charge is -2.35. The highest BCUT2D eigenvalue weighted by Gasteiger charge is 2.20. The van der Waals surface area contributed by atoms with Gasteiger partial charge in [0.25, 0.3) is 5.56 Å². The summed E-state index contributed by atoms with van der Waals surface area (Å²) in [7, 11) is 0. The fourth-order valence-electron chi connectivity index (χ4n) is 3.51. The van der Waals surface area contributed by atoms with Gasteiger partial charge in [0.15, 0.2) is 5.82 Å². The molecular weight excluding hydrogens is 340 g/mol. The Hall–Kier alpha value is -2.80. The Morgan fingerprint density at radius 1 is 0.889 bits per heavy atom. The summed E-state index contributed by atoms with van der Waals surface area (Å²) in [5.41, 5.74) is 3.67.